The lowest BCUT2D eigenvalue weighted by Gasteiger charge is -2.16. The van der Waals surface area contributed by atoms with Crippen LogP contribution >= 0.6 is 57.5 Å². The molecule has 0 spiro atoms. The number of amides is 1. The lowest BCUT2D eigenvalue weighted by Crippen LogP contribution is -2.28. The van der Waals surface area contributed by atoms with Crippen molar-refractivity contribution in [1.29, 1.82) is 0 Å². The van der Waals surface area contributed by atoms with Gasteiger partial charge in [0.2, 0.25) is 0 Å². The maximum atomic E-state index is 13.2. The number of anilines is 1. The maximum Gasteiger partial charge on any atom is 0.264 e. The van der Waals surface area contributed by atoms with Crippen molar-refractivity contribution in [1.82, 2.24) is 14.1 Å². The van der Waals surface area contributed by atoms with E-state index in [1.54, 1.807) is 42.5 Å². The Balaban J connectivity index is 1.56. The zero-order valence-corrected chi connectivity index (χ0v) is 22.9. The van der Waals surface area contributed by atoms with E-state index in [1.165, 1.54) is 6.07 Å². The van der Waals surface area contributed by atoms with Gasteiger partial charge in [-0.2, -0.15) is 8.75 Å². The van der Waals surface area contributed by atoms with Gasteiger partial charge in [-0.15, -0.1) is 0 Å². The molecule has 1 amide bonds. The molecule has 0 aliphatic rings. The number of aromatic nitrogens is 2. The fourth-order valence-electron chi connectivity index (χ4n) is 3.27. The molecule has 0 aliphatic carbocycles. The Morgan fingerprint density at radius 2 is 1.88 bits per heavy atom. The summed E-state index contributed by atoms with van der Waals surface area (Å²) in [6, 6.07) is 15.0. The van der Waals surface area contributed by atoms with Gasteiger partial charge in [0.25, 0.3) is 15.9 Å². The van der Waals surface area contributed by atoms with Crippen LogP contribution in [0.4, 0.5) is 5.69 Å². The van der Waals surface area contributed by atoms with Gasteiger partial charge in [0, 0.05) is 10.1 Å². The lowest BCUT2D eigenvalue weighted by atomic mass is 10.0. The summed E-state index contributed by atoms with van der Waals surface area (Å²) in [5.41, 5.74) is 2.07. The first-order valence-corrected chi connectivity index (χ1v) is 14.0. The van der Waals surface area contributed by atoms with E-state index in [2.05, 4.69) is 41.4 Å². The van der Waals surface area contributed by atoms with Gasteiger partial charge in [0.1, 0.15) is 15.9 Å². The Morgan fingerprint density at radius 3 is 2.65 bits per heavy atom. The van der Waals surface area contributed by atoms with E-state index in [1.807, 2.05) is 13.0 Å². The molecule has 1 aromatic heterocycles. The van der Waals surface area contributed by atoms with Crippen LogP contribution in [-0.4, -0.2) is 29.6 Å². The predicted octanol–water partition coefficient (Wildman–Crippen LogP) is 5.94. The fourth-order valence-corrected chi connectivity index (χ4v) is 5.91. The summed E-state index contributed by atoms with van der Waals surface area (Å²) in [7, 11) is -4.02. The van der Waals surface area contributed by atoms with Crippen LogP contribution in [0.3, 0.4) is 0 Å². The van der Waals surface area contributed by atoms with E-state index >= 15 is 0 Å². The summed E-state index contributed by atoms with van der Waals surface area (Å²) in [6.07, 6.45) is 0. The first-order valence-electron chi connectivity index (χ1n) is 9.92. The molecule has 1 unspecified atom stereocenters. The highest BCUT2D eigenvalue weighted by atomic mass is 127. The Kier molecular flexibility index (Phi) is 7.63. The van der Waals surface area contributed by atoms with Crippen LogP contribution in [0.25, 0.3) is 11.0 Å². The molecular weight excluding hydrogens is 630 g/mol. The van der Waals surface area contributed by atoms with Gasteiger partial charge in [0.15, 0.2) is 0 Å². The summed E-state index contributed by atoms with van der Waals surface area (Å²) in [5, 5.41) is 3.77. The van der Waals surface area contributed by atoms with Crippen LogP contribution in [0.5, 0.6) is 0 Å². The molecule has 0 aliphatic heterocycles. The van der Waals surface area contributed by atoms with E-state index in [0.29, 0.717) is 22.1 Å². The average molecular weight is 647 g/mol. The van der Waals surface area contributed by atoms with Gasteiger partial charge in [-0.1, -0.05) is 42.3 Å². The second kappa shape index (κ2) is 10.3. The highest BCUT2D eigenvalue weighted by molar-refractivity contribution is 14.1. The Bertz CT molecular complexity index is 1490. The second-order valence-corrected chi connectivity index (χ2v) is 11.7. The first-order chi connectivity index (χ1) is 16.2. The smallest absolute Gasteiger partial charge is 0.264 e. The van der Waals surface area contributed by atoms with Crippen LogP contribution in [0, 0.1) is 3.57 Å². The van der Waals surface area contributed by atoms with Crippen molar-refractivity contribution in [2.45, 2.75) is 17.7 Å². The average Bonchev–Trinajstić information content (AvgIpc) is 3.27. The molecule has 1 atom stereocenters. The molecule has 0 bridgehead atoms. The van der Waals surface area contributed by atoms with Gasteiger partial charge in [0.05, 0.1) is 33.0 Å². The van der Waals surface area contributed by atoms with Gasteiger partial charge < -0.3 is 5.32 Å². The number of benzene rings is 3. The van der Waals surface area contributed by atoms with Crippen LogP contribution in [0.15, 0.2) is 59.5 Å². The highest BCUT2D eigenvalue weighted by Crippen LogP contribution is 2.28. The third-order valence-corrected chi connectivity index (χ3v) is 8.44. The molecule has 4 rings (SSSR count). The number of carbonyl (C=O) groups excluding carboxylic acids is 1. The SMILES string of the molecule is CC(CNC(=O)c1ccc(I)cc1NS(=O)(=O)c1cccc2nsnc12)c1ccc(Cl)c(Cl)c1. The molecule has 7 nitrogen and oxygen atoms in total. The highest BCUT2D eigenvalue weighted by Gasteiger charge is 2.23. The molecule has 176 valence electrons. The zero-order valence-electron chi connectivity index (χ0n) is 17.6. The number of nitrogens with zero attached hydrogens (tertiary/aromatic N) is 2. The molecule has 4 aromatic rings. The largest absolute Gasteiger partial charge is 0.351 e. The van der Waals surface area contributed by atoms with E-state index in [4.69, 9.17) is 23.2 Å². The third kappa shape index (κ3) is 5.46. The van der Waals surface area contributed by atoms with Crippen LogP contribution in [-0.2, 0) is 10.0 Å². The predicted molar refractivity (Wildman–Crippen MR) is 145 cm³/mol. The van der Waals surface area contributed by atoms with Crippen LogP contribution in [0.1, 0.15) is 28.8 Å². The van der Waals surface area contributed by atoms with Crippen LogP contribution < -0.4 is 10.0 Å². The van der Waals surface area contributed by atoms with Crippen molar-refractivity contribution in [3.63, 3.8) is 0 Å². The minimum absolute atomic E-state index is 0.00258. The van der Waals surface area contributed by atoms with Gasteiger partial charge in [-0.05, 0) is 76.5 Å². The molecule has 0 fully saturated rings. The minimum Gasteiger partial charge on any atom is -0.351 e. The van der Waals surface area contributed by atoms with Crippen molar-refractivity contribution in [2.24, 2.45) is 0 Å². The number of rotatable bonds is 7. The molecule has 3 aromatic carbocycles. The zero-order chi connectivity index (χ0) is 24.5. The van der Waals surface area contributed by atoms with Gasteiger partial charge >= 0.3 is 0 Å². The molecule has 1 heterocycles. The fraction of sp³-hybridized carbons (Fsp3) is 0.136. The summed E-state index contributed by atoms with van der Waals surface area (Å²) < 4.78 is 37.9. The molecule has 0 radical (unpaired) electrons. The van der Waals surface area contributed by atoms with Gasteiger partial charge in [-0.25, -0.2) is 8.42 Å². The Hall–Kier alpha value is -1.99. The molecule has 12 heteroatoms. The summed E-state index contributed by atoms with van der Waals surface area (Å²) in [5.74, 6) is -0.452. The quantitative estimate of drug-likeness (QED) is 0.242. The van der Waals surface area contributed by atoms with Crippen molar-refractivity contribution >= 4 is 90.2 Å². The van der Waals surface area contributed by atoms with E-state index in [-0.39, 0.29) is 27.6 Å². The number of hydrogen-bond donors (Lipinski definition) is 2. The topological polar surface area (TPSA) is 101 Å². The number of fused-ring (bicyclic) bond motifs is 1. The summed E-state index contributed by atoms with van der Waals surface area (Å²) in [4.78, 5) is 13.0. The van der Waals surface area contributed by atoms with Crippen molar-refractivity contribution in [3.8, 4) is 0 Å². The summed E-state index contributed by atoms with van der Waals surface area (Å²) >= 11 is 15.1. The van der Waals surface area contributed by atoms with Gasteiger partial charge in [-0.3, -0.25) is 9.52 Å². The van der Waals surface area contributed by atoms with E-state index < -0.39 is 15.9 Å². The van der Waals surface area contributed by atoms with E-state index in [0.717, 1.165) is 20.9 Å². The summed E-state index contributed by atoms with van der Waals surface area (Å²) in [6.45, 7) is 2.26. The normalized spacial score (nSPS) is 12.5. The van der Waals surface area contributed by atoms with Crippen molar-refractivity contribution < 1.29 is 13.2 Å². The number of halogens is 3. The van der Waals surface area contributed by atoms with E-state index in [9.17, 15) is 13.2 Å². The number of nitrogens with one attached hydrogen (secondary N) is 2. The number of carbonyl (C=O) groups is 1. The molecule has 2 N–H and O–H groups in total. The molecule has 0 saturated carbocycles. The van der Waals surface area contributed by atoms with Crippen LogP contribution in [0.2, 0.25) is 10.0 Å². The third-order valence-electron chi connectivity index (χ3n) is 5.09. The molecule has 0 saturated heterocycles. The van der Waals surface area contributed by atoms with Crippen molar-refractivity contribution in [2.75, 3.05) is 11.3 Å². The number of sulfonamides is 1. The first kappa shape index (κ1) is 25.1. The lowest BCUT2D eigenvalue weighted by molar-refractivity contribution is 0.0952. The Labute approximate surface area is 224 Å². The molecular formula is C22H17Cl2IN4O3S2. The second-order valence-electron chi connectivity index (χ2n) is 7.47. The van der Waals surface area contributed by atoms with Crippen molar-refractivity contribution in [3.05, 3.63) is 79.3 Å². The molecule has 34 heavy (non-hydrogen) atoms. The number of hydrogen-bond acceptors (Lipinski definition) is 6. The maximum absolute atomic E-state index is 13.2. The monoisotopic (exact) mass is 646 g/mol. The standard InChI is InChI=1S/C22H17Cl2IN4O3S2/c1-12(13-5-8-16(23)17(24)9-13)11-26-22(30)15-7-6-14(25)10-19(15)29-34(31,32)20-4-2-3-18-21(20)28-33-27-18/h2-10,12,29H,11H2,1H3,(H,26,30). The Morgan fingerprint density at radius 1 is 1.09 bits per heavy atom. The minimum atomic E-state index is -4.02.